The molecule has 1 aliphatic heterocycles. The highest BCUT2D eigenvalue weighted by Gasteiger charge is 2.13. The Morgan fingerprint density at radius 3 is 2.90 bits per heavy atom. The second kappa shape index (κ2) is 9.51. The molecule has 3 N–H and O–H groups in total. The fourth-order valence-corrected chi connectivity index (χ4v) is 4.80. The number of hydrogen-bond donors (Lipinski definition) is 3. The maximum atomic E-state index is 11.9. The number of carbonyl (C=O) groups is 1. The van der Waals surface area contributed by atoms with Gasteiger partial charge in [0.05, 0.1) is 10.6 Å². The van der Waals surface area contributed by atoms with Crippen molar-refractivity contribution >= 4 is 33.3 Å². The minimum atomic E-state index is -0.0719. The maximum absolute atomic E-state index is 11.9. The Kier molecular flexibility index (Phi) is 6.56. The fraction of sp³-hybridized carbons (Fsp3) is 0.409. The van der Waals surface area contributed by atoms with Crippen LogP contribution in [0, 0.1) is 6.92 Å². The molecule has 30 heavy (non-hydrogen) atoms. The summed E-state index contributed by atoms with van der Waals surface area (Å²) in [6, 6.07) is 7.92. The van der Waals surface area contributed by atoms with Crippen LogP contribution in [0.4, 0.5) is 5.95 Å². The number of nitrogens with zero attached hydrogens (tertiary/aromatic N) is 3. The molecule has 0 spiro atoms. The molecule has 8 heteroatoms. The molecule has 3 heterocycles. The van der Waals surface area contributed by atoms with E-state index < -0.39 is 0 Å². The molecule has 7 nitrogen and oxygen atoms in total. The molecule has 1 saturated heterocycles. The van der Waals surface area contributed by atoms with Crippen LogP contribution in [0.3, 0.4) is 0 Å². The highest BCUT2D eigenvalue weighted by molar-refractivity contribution is 7.22. The van der Waals surface area contributed by atoms with Crippen LogP contribution in [0.25, 0.3) is 20.7 Å². The number of thiophene rings is 1. The lowest BCUT2D eigenvalue weighted by Gasteiger charge is -2.27. The van der Waals surface area contributed by atoms with Gasteiger partial charge in [-0.15, -0.1) is 11.3 Å². The summed E-state index contributed by atoms with van der Waals surface area (Å²) < 4.78 is 1.08. The van der Waals surface area contributed by atoms with Crippen LogP contribution < -0.4 is 16.0 Å². The third-order valence-electron chi connectivity index (χ3n) is 5.36. The van der Waals surface area contributed by atoms with E-state index in [1.54, 1.807) is 18.4 Å². The SMILES string of the molecule is CNC(=O)c1ccc2cc(-c3nc(NCCCN4CCNCC4)ncc3C)sc2c1. The molecule has 0 bridgehead atoms. The molecule has 0 radical (unpaired) electrons. The van der Waals surface area contributed by atoms with E-state index in [1.807, 2.05) is 31.3 Å². The van der Waals surface area contributed by atoms with Crippen LogP contribution in [0.5, 0.6) is 0 Å². The lowest BCUT2D eigenvalue weighted by Crippen LogP contribution is -2.44. The van der Waals surface area contributed by atoms with Crippen molar-refractivity contribution in [2.75, 3.05) is 51.6 Å². The second-order valence-electron chi connectivity index (χ2n) is 7.54. The smallest absolute Gasteiger partial charge is 0.251 e. The van der Waals surface area contributed by atoms with Gasteiger partial charge in [-0.05, 0) is 49.0 Å². The average molecular weight is 425 g/mol. The number of rotatable bonds is 7. The maximum Gasteiger partial charge on any atom is 0.251 e. The molecule has 1 amide bonds. The predicted octanol–water partition coefficient (Wildman–Crippen LogP) is 2.73. The molecule has 2 aromatic heterocycles. The predicted molar refractivity (Wildman–Crippen MR) is 123 cm³/mol. The van der Waals surface area contributed by atoms with E-state index in [0.29, 0.717) is 11.5 Å². The van der Waals surface area contributed by atoms with Crippen molar-refractivity contribution in [3.8, 4) is 10.6 Å². The van der Waals surface area contributed by atoms with Crippen molar-refractivity contribution in [3.63, 3.8) is 0 Å². The molecule has 4 rings (SSSR count). The van der Waals surface area contributed by atoms with Crippen molar-refractivity contribution in [3.05, 3.63) is 41.6 Å². The van der Waals surface area contributed by atoms with Gasteiger partial charge in [0.15, 0.2) is 0 Å². The van der Waals surface area contributed by atoms with Gasteiger partial charge in [0.2, 0.25) is 5.95 Å². The number of fused-ring (bicyclic) bond motifs is 1. The number of hydrogen-bond acceptors (Lipinski definition) is 7. The first-order chi connectivity index (χ1) is 14.6. The fourth-order valence-electron chi connectivity index (χ4n) is 3.65. The summed E-state index contributed by atoms with van der Waals surface area (Å²) in [4.78, 5) is 24.7. The van der Waals surface area contributed by atoms with Crippen LogP contribution >= 0.6 is 11.3 Å². The van der Waals surface area contributed by atoms with Crippen molar-refractivity contribution < 1.29 is 4.79 Å². The Labute approximate surface area is 180 Å². The first-order valence-electron chi connectivity index (χ1n) is 10.4. The molecule has 0 unspecified atom stereocenters. The molecule has 0 saturated carbocycles. The van der Waals surface area contributed by atoms with Crippen molar-refractivity contribution in [1.29, 1.82) is 0 Å². The number of aryl methyl sites for hydroxylation is 1. The van der Waals surface area contributed by atoms with Crippen molar-refractivity contribution in [1.82, 2.24) is 25.5 Å². The summed E-state index contributed by atoms with van der Waals surface area (Å²) in [7, 11) is 1.65. The van der Waals surface area contributed by atoms with Crippen LogP contribution in [-0.2, 0) is 0 Å². The van der Waals surface area contributed by atoms with Crippen LogP contribution in [0.2, 0.25) is 0 Å². The van der Waals surface area contributed by atoms with Crippen LogP contribution in [0.15, 0.2) is 30.5 Å². The van der Waals surface area contributed by atoms with Crippen molar-refractivity contribution in [2.45, 2.75) is 13.3 Å². The molecular weight excluding hydrogens is 396 g/mol. The molecule has 1 fully saturated rings. The van der Waals surface area contributed by atoms with E-state index in [9.17, 15) is 4.79 Å². The van der Waals surface area contributed by atoms with Gasteiger partial charge >= 0.3 is 0 Å². The molecule has 158 valence electrons. The Balaban J connectivity index is 1.45. The lowest BCUT2D eigenvalue weighted by molar-refractivity contribution is 0.0963. The first kappa shape index (κ1) is 20.7. The number of benzene rings is 1. The van der Waals surface area contributed by atoms with Gasteiger partial charge in [-0.1, -0.05) is 6.07 Å². The van der Waals surface area contributed by atoms with E-state index in [1.165, 1.54) is 0 Å². The van der Waals surface area contributed by atoms with E-state index in [2.05, 4.69) is 31.9 Å². The van der Waals surface area contributed by atoms with Gasteiger partial charge in [0.1, 0.15) is 0 Å². The third kappa shape index (κ3) is 4.77. The Bertz CT molecular complexity index is 1030. The van der Waals surface area contributed by atoms with Gasteiger partial charge in [-0.2, -0.15) is 0 Å². The molecule has 1 aromatic carbocycles. The van der Waals surface area contributed by atoms with E-state index in [-0.39, 0.29) is 5.91 Å². The summed E-state index contributed by atoms with van der Waals surface area (Å²) >= 11 is 1.65. The lowest BCUT2D eigenvalue weighted by atomic mass is 10.1. The molecular formula is C22H28N6OS. The normalized spacial score (nSPS) is 14.7. The number of aromatic nitrogens is 2. The number of carbonyl (C=O) groups excluding carboxylic acids is 1. The summed E-state index contributed by atoms with van der Waals surface area (Å²) in [6.45, 7) is 8.39. The molecule has 3 aromatic rings. The minimum absolute atomic E-state index is 0.0719. The van der Waals surface area contributed by atoms with Gasteiger partial charge in [0, 0.05) is 56.2 Å². The first-order valence-corrected chi connectivity index (χ1v) is 11.2. The number of nitrogens with one attached hydrogen (secondary N) is 3. The summed E-state index contributed by atoms with van der Waals surface area (Å²) in [5, 5.41) is 10.6. The van der Waals surface area contributed by atoms with Gasteiger partial charge in [-0.25, -0.2) is 9.97 Å². The Morgan fingerprint density at radius 1 is 1.27 bits per heavy atom. The average Bonchev–Trinajstić information content (AvgIpc) is 3.21. The standard InChI is InChI=1S/C22H28N6OS/c1-15-14-26-22(25-6-3-9-28-10-7-24-8-11-28)27-20(15)19-12-16-4-5-17(21(29)23-2)13-18(16)30-19/h4-5,12-14,24H,3,6-11H2,1-2H3,(H,23,29)(H,25,26,27). The largest absolute Gasteiger partial charge is 0.355 e. The van der Waals surface area contributed by atoms with E-state index in [4.69, 9.17) is 4.98 Å². The zero-order chi connectivity index (χ0) is 20.9. The quantitative estimate of drug-likeness (QED) is 0.506. The van der Waals surface area contributed by atoms with Gasteiger partial charge in [0.25, 0.3) is 5.91 Å². The highest BCUT2D eigenvalue weighted by Crippen LogP contribution is 2.34. The van der Waals surface area contributed by atoms with E-state index in [0.717, 1.165) is 71.9 Å². The molecule has 1 aliphatic rings. The Morgan fingerprint density at radius 2 is 2.10 bits per heavy atom. The van der Waals surface area contributed by atoms with Gasteiger partial charge in [-0.3, -0.25) is 4.79 Å². The van der Waals surface area contributed by atoms with E-state index >= 15 is 0 Å². The molecule has 0 aliphatic carbocycles. The van der Waals surface area contributed by atoms with Crippen LogP contribution in [-0.4, -0.2) is 67.1 Å². The monoisotopic (exact) mass is 424 g/mol. The van der Waals surface area contributed by atoms with Gasteiger partial charge < -0.3 is 20.9 Å². The summed E-state index contributed by atoms with van der Waals surface area (Å²) in [6.07, 6.45) is 2.94. The topological polar surface area (TPSA) is 82.2 Å². The number of amides is 1. The van der Waals surface area contributed by atoms with Crippen LogP contribution in [0.1, 0.15) is 22.3 Å². The third-order valence-corrected chi connectivity index (χ3v) is 6.46. The summed E-state index contributed by atoms with van der Waals surface area (Å²) in [5.74, 6) is 0.594. The highest BCUT2D eigenvalue weighted by atomic mass is 32.1. The number of piperazine rings is 1. The Hall–Kier alpha value is -2.55. The zero-order valence-electron chi connectivity index (χ0n) is 17.5. The van der Waals surface area contributed by atoms with Crippen molar-refractivity contribution in [2.24, 2.45) is 0 Å². The minimum Gasteiger partial charge on any atom is -0.355 e. The molecule has 0 atom stereocenters. The second-order valence-corrected chi connectivity index (χ2v) is 8.62. The number of anilines is 1. The summed E-state index contributed by atoms with van der Waals surface area (Å²) in [5.41, 5.74) is 2.65. The zero-order valence-corrected chi connectivity index (χ0v) is 18.3.